The van der Waals surface area contributed by atoms with Gasteiger partial charge in [-0.15, -0.1) is 0 Å². The van der Waals surface area contributed by atoms with Crippen LogP contribution in [0.4, 0.5) is 0 Å². The molecule has 172 valence electrons. The standard InChI is InChI=1S/C18H29N7O6/c1-9(2)15(17(29)24-12(18(30)31)3-4-13(20)26)25-14(27)7-22-16(28)11(19)5-10-6-21-8-23-10/h6,8-9,11-12,15H,3-5,7,19H2,1-2H3,(H2,20,26)(H,21,23)(H,22,28)(H,24,29)(H,25,27)(H,30,31). The number of nitrogens with one attached hydrogen (secondary N) is 4. The summed E-state index contributed by atoms with van der Waals surface area (Å²) in [5.74, 6) is -4.36. The number of primary amides is 1. The van der Waals surface area contributed by atoms with Gasteiger partial charge in [-0.25, -0.2) is 9.78 Å². The van der Waals surface area contributed by atoms with Crippen LogP contribution in [-0.4, -0.2) is 69.3 Å². The molecule has 1 aromatic heterocycles. The summed E-state index contributed by atoms with van der Waals surface area (Å²) in [4.78, 5) is 65.5. The van der Waals surface area contributed by atoms with Crippen LogP contribution in [0.2, 0.25) is 0 Å². The number of nitrogens with two attached hydrogens (primary N) is 2. The van der Waals surface area contributed by atoms with Crippen molar-refractivity contribution in [1.29, 1.82) is 0 Å². The minimum Gasteiger partial charge on any atom is -0.480 e. The number of H-pyrrole nitrogens is 1. The summed E-state index contributed by atoms with van der Waals surface area (Å²) < 4.78 is 0. The number of aliphatic carboxylic acids is 1. The van der Waals surface area contributed by atoms with Gasteiger partial charge in [0.15, 0.2) is 0 Å². The van der Waals surface area contributed by atoms with Gasteiger partial charge in [-0.05, 0) is 12.3 Å². The van der Waals surface area contributed by atoms with Gasteiger partial charge in [0.05, 0.1) is 18.9 Å². The number of rotatable bonds is 13. The summed E-state index contributed by atoms with van der Waals surface area (Å²) in [6.45, 7) is 2.89. The van der Waals surface area contributed by atoms with Gasteiger partial charge in [-0.2, -0.15) is 0 Å². The van der Waals surface area contributed by atoms with Crippen molar-refractivity contribution in [1.82, 2.24) is 25.9 Å². The van der Waals surface area contributed by atoms with Crippen molar-refractivity contribution in [2.75, 3.05) is 6.54 Å². The molecule has 1 heterocycles. The Kier molecular flexibility index (Phi) is 10.1. The summed E-state index contributed by atoms with van der Waals surface area (Å²) in [6.07, 6.45) is 2.78. The molecule has 1 rings (SSSR count). The van der Waals surface area contributed by atoms with Gasteiger partial charge in [0, 0.05) is 24.7 Å². The van der Waals surface area contributed by atoms with Crippen LogP contribution in [-0.2, 0) is 30.4 Å². The number of amides is 4. The van der Waals surface area contributed by atoms with E-state index in [0.717, 1.165) is 0 Å². The zero-order valence-corrected chi connectivity index (χ0v) is 17.4. The van der Waals surface area contributed by atoms with Crippen molar-refractivity contribution in [3.8, 4) is 0 Å². The number of carbonyl (C=O) groups excluding carboxylic acids is 4. The largest absolute Gasteiger partial charge is 0.480 e. The quantitative estimate of drug-likeness (QED) is 0.172. The van der Waals surface area contributed by atoms with Crippen LogP contribution < -0.4 is 27.4 Å². The van der Waals surface area contributed by atoms with Gasteiger partial charge in [-0.1, -0.05) is 13.8 Å². The molecular formula is C18H29N7O6. The van der Waals surface area contributed by atoms with Gasteiger partial charge in [0.25, 0.3) is 0 Å². The molecule has 0 bridgehead atoms. The number of carboxylic acid groups (broad SMARTS) is 1. The first kappa shape index (κ1) is 25.6. The Morgan fingerprint density at radius 2 is 1.84 bits per heavy atom. The Morgan fingerprint density at radius 3 is 2.35 bits per heavy atom. The molecule has 13 nitrogen and oxygen atoms in total. The summed E-state index contributed by atoms with van der Waals surface area (Å²) >= 11 is 0. The number of hydrogen-bond donors (Lipinski definition) is 7. The number of carbonyl (C=O) groups is 5. The Labute approximate surface area is 178 Å². The van der Waals surface area contributed by atoms with Crippen molar-refractivity contribution in [3.63, 3.8) is 0 Å². The van der Waals surface area contributed by atoms with Crippen molar-refractivity contribution in [2.24, 2.45) is 17.4 Å². The molecule has 13 heteroatoms. The molecule has 1 aromatic rings. The van der Waals surface area contributed by atoms with Crippen LogP contribution in [0.25, 0.3) is 0 Å². The van der Waals surface area contributed by atoms with Gasteiger partial charge < -0.3 is 37.5 Å². The Balaban J connectivity index is 2.58. The highest BCUT2D eigenvalue weighted by molar-refractivity contribution is 5.92. The molecule has 4 amide bonds. The van der Waals surface area contributed by atoms with Crippen molar-refractivity contribution in [3.05, 3.63) is 18.2 Å². The maximum atomic E-state index is 12.5. The molecule has 0 radical (unpaired) electrons. The number of nitrogens with zero attached hydrogens (tertiary/aromatic N) is 1. The van der Waals surface area contributed by atoms with Crippen LogP contribution in [0.15, 0.2) is 12.5 Å². The maximum absolute atomic E-state index is 12.5. The van der Waals surface area contributed by atoms with E-state index in [2.05, 4.69) is 25.9 Å². The number of imidazole rings is 1. The fourth-order valence-electron chi connectivity index (χ4n) is 2.59. The minimum absolute atomic E-state index is 0.181. The fourth-order valence-corrected chi connectivity index (χ4v) is 2.59. The third-order valence-corrected chi connectivity index (χ3v) is 4.31. The second-order valence-electron chi connectivity index (χ2n) is 7.30. The molecule has 0 saturated carbocycles. The summed E-state index contributed by atoms with van der Waals surface area (Å²) in [5.41, 5.74) is 11.5. The molecule has 9 N–H and O–H groups in total. The normalized spacial score (nSPS) is 13.7. The predicted molar refractivity (Wildman–Crippen MR) is 108 cm³/mol. The highest BCUT2D eigenvalue weighted by atomic mass is 16.4. The second kappa shape index (κ2) is 12.3. The molecule has 0 aromatic carbocycles. The average Bonchev–Trinajstić information content (AvgIpc) is 3.19. The van der Waals surface area contributed by atoms with E-state index in [4.69, 9.17) is 11.5 Å². The number of aromatic amines is 1. The molecule has 3 unspecified atom stereocenters. The van der Waals surface area contributed by atoms with Crippen LogP contribution in [0, 0.1) is 5.92 Å². The van der Waals surface area contributed by atoms with Gasteiger partial charge in [0.1, 0.15) is 12.1 Å². The lowest BCUT2D eigenvalue weighted by atomic mass is 10.0. The van der Waals surface area contributed by atoms with Crippen molar-refractivity contribution >= 4 is 29.6 Å². The van der Waals surface area contributed by atoms with Crippen LogP contribution in [0.3, 0.4) is 0 Å². The van der Waals surface area contributed by atoms with Gasteiger partial charge in [-0.3, -0.25) is 19.2 Å². The van der Waals surface area contributed by atoms with E-state index in [0.29, 0.717) is 5.69 Å². The lowest BCUT2D eigenvalue weighted by Crippen LogP contribution is -2.55. The predicted octanol–water partition coefficient (Wildman–Crippen LogP) is -2.63. The summed E-state index contributed by atoms with van der Waals surface area (Å²) in [7, 11) is 0. The first-order chi connectivity index (χ1) is 14.5. The molecule has 0 aliphatic rings. The summed E-state index contributed by atoms with van der Waals surface area (Å²) in [6, 6.07) is -3.30. The molecule has 0 aliphatic carbocycles. The smallest absolute Gasteiger partial charge is 0.326 e. The molecule has 0 saturated heterocycles. The van der Waals surface area contributed by atoms with Crippen LogP contribution in [0.1, 0.15) is 32.4 Å². The monoisotopic (exact) mass is 439 g/mol. The molecule has 0 fully saturated rings. The zero-order valence-electron chi connectivity index (χ0n) is 17.4. The lowest BCUT2D eigenvalue weighted by molar-refractivity contribution is -0.142. The topological polar surface area (TPSA) is 222 Å². The number of carboxylic acids is 1. The van der Waals surface area contributed by atoms with E-state index in [1.165, 1.54) is 12.5 Å². The second-order valence-corrected chi connectivity index (χ2v) is 7.30. The lowest BCUT2D eigenvalue weighted by Gasteiger charge is -2.24. The van der Waals surface area contributed by atoms with E-state index in [9.17, 15) is 29.1 Å². The number of hydrogen-bond acceptors (Lipinski definition) is 7. The molecule has 31 heavy (non-hydrogen) atoms. The Hall–Kier alpha value is -3.48. The molecule has 0 spiro atoms. The first-order valence-corrected chi connectivity index (χ1v) is 9.62. The van der Waals surface area contributed by atoms with Crippen LogP contribution >= 0.6 is 0 Å². The first-order valence-electron chi connectivity index (χ1n) is 9.62. The SMILES string of the molecule is CC(C)C(NC(=O)CNC(=O)C(N)Cc1cnc[nH]1)C(=O)NC(CCC(N)=O)C(=O)O. The van der Waals surface area contributed by atoms with Crippen molar-refractivity contribution in [2.45, 2.75) is 51.2 Å². The van der Waals surface area contributed by atoms with Crippen molar-refractivity contribution < 1.29 is 29.1 Å². The maximum Gasteiger partial charge on any atom is 0.326 e. The molecule has 3 atom stereocenters. The highest BCUT2D eigenvalue weighted by Crippen LogP contribution is 2.05. The Morgan fingerprint density at radius 1 is 1.16 bits per heavy atom. The average molecular weight is 439 g/mol. The zero-order chi connectivity index (χ0) is 23.6. The highest BCUT2D eigenvalue weighted by Gasteiger charge is 2.29. The third kappa shape index (κ3) is 9.25. The van der Waals surface area contributed by atoms with Gasteiger partial charge >= 0.3 is 5.97 Å². The van der Waals surface area contributed by atoms with E-state index >= 15 is 0 Å². The van der Waals surface area contributed by atoms with Crippen LogP contribution in [0.5, 0.6) is 0 Å². The van der Waals surface area contributed by atoms with Gasteiger partial charge in [0.2, 0.25) is 23.6 Å². The van der Waals surface area contributed by atoms with E-state index < -0.39 is 54.3 Å². The minimum atomic E-state index is -1.33. The fraction of sp³-hybridized carbons (Fsp3) is 0.556. The summed E-state index contributed by atoms with van der Waals surface area (Å²) in [5, 5.41) is 16.3. The Bertz CT molecular complexity index is 780. The third-order valence-electron chi connectivity index (χ3n) is 4.31. The number of aromatic nitrogens is 2. The molecular weight excluding hydrogens is 410 g/mol. The van der Waals surface area contributed by atoms with E-state index in [1.807, 2.05) is 0 Å². The molecule has 0 aliphatic heterocycles. The van der Waals surface area contributed by atoms with E-state index in [-0.39, 0.29) is 25.2 Å². The van der Waals surface area contributed by atoms with E-state index in [1.54, 1.807) is 13.8 Å².